The van der Waals surface area contributed by atoms with Gasteiger partial charge in [-0.25, -0.2) is 4.79 Å². The van der Waals surface area contributed by atoms with E-state index in [0.717, 1.165) is 32.1 Å². The van der Waals surface area contributed by atoms with Gasteiger partial charge in [-0.3, -0.25) is 33.7 Å². The number of carbonyl (C=O) groups is 7. The average molecular weight is 715 g/mol. The van der Waals surface area contributed by atoms with Crippen molar-refractivity contribution in [3.63, 3.8) is 0 Å². The molecule has 5 atom stereocenters. The number of hydrogen-bond donors (Lipinski definition) is 4. The van der Waals surface area contributed by atoms with Gasteiger partial charge in [-0.05, 0) is 61.7 Å². The highest BCUT2D eigenvalue weighted by atomic mass is 16.2. The summed E-state index contributed by atoms with van der Waals surface area (Å²) in [7, 11) is 0. The minimum absolute atomic E-state index is 0.0329. The molecule has 0 radical (unpaired) electrons. The summed E-state index contributed by atoms with van der Waals surface area (Å²) >= 11 is 0. The number of piperidine rings is 1. The van der Waals surface area contributed by atoms with Crippen LogP contribution in [0, 0.1) is 23.2 Å². The number of hydrogen-bond acceptors (Lipinski definition) is 7. The smallest absolute Gasteiger partial charge is 0.315 e. The Kier molecular flexibility index (Phi) is 15.7. The first kappa shape index (κ1) is 41.6. The van der Waals surface area contributed by atoms with Crippen LogP contribution in [0.2, 0.25) is 0 Å². The lowest BCUT2D eigenvalue weighted by atomic mass is 9.83. The number of nitrogens with zero attached hydrogens (tertiary/aromatic N) is 2. The van der Waals surface area contributed by atoms with Gasteiger partial charge < -0.3 is 26.2 Å². The number of nitrogens with one attached hydrogen (secondary N) is 4. The number of rotatable bonds is 16. The minimum Gasteiger partial charge on any atom is -0.346 e. The Morgan fingerprint density at radius 3 is 2.14 bits per heavy atom. The average Bonchev–Trinajstić information content (AvgIpc) is 3.49. The van der Waals surface area contributed by atoms with Gasteiger partial charge in [0.15, 0.2) is 0 Å². The number of urea groups is 1. The van der Waals surface area contributed by atoms with Crippen molar-refractivity contribution >= 4 is 41.4 Å². The van der Waals surface area contributed by atoms with Crippen LogP contribution in [0.1, 0.15) is 119 Å². The van der Waals surface area contributed by atoms with Crippen LogP contribution in [-0.4, -0.2) is 95.0 Å². The zero-order chi connectivity index (χ0) is 37.9. The minimum atomic E-state index is -1.05. The van der Waals surface area contributed by atoms with Crippen molar-refractivity contribution in [3.8, 4) is 0 Å². The topological polar surface area (TPSA) is 174 Å². The molecule has 3 aliphatic rings. The fourth-order valence-corrected chi connectivity index (χ4v) is 7.63. The van der Waals surface area contributed by atoms with E-state index < -0.39 is 53.2 Å². The molecule has 7 amide bonds. The predicted molar refractivity (Wildman–Crippen MR) is 194 cm³/mol. The fraction of sp³-hybridized carbons (Fsp3) is 0.763. The van der Waals surface area contributed by atoms with Crippen LogP contribution in [0.15, 0.2) is 12.7 Å². The molecule has 1 aliphatic carbocycles. The van der Waals surface area contributed by atoms with Crippen molar-refractivity contribution in [2.45, 2.75) is 143 Å². The van der Waals surface area contributed by atoms with Gasteiger partial charge in [0, 0.05) is 32.5 Å². The molecule has 0 spiro atoms. The van der Waals surface area contributed by atoms with E-state index in [1.54, 1.807) is 4.90 Å². The van der Waals surface area contributed by atoms with E-state index in [9.17, 15) is 33.6 Å². The lowest BCUT2D eigenvalue weighted by Gasteiger charge is -2.38. The van der Waals surface area contributed by atoms with E-state index in [4.69, 9.17) is 0 Å². The monoisotopic (exact) mass is 714 g/mol. The molecule has 1 saturated carbocycles. The van der Waals surface area contributed by atoms with Crippen LogP contribution in [0.3, 0.4) is 0 Å². The SMILES string of the molecule is C=CCNC(=O)C(=O)C(CCC)NC(=O)[C@@H]1C(CC(C)C)CCN1C(=O)[C@@H](NC(=O)N[C@H](CN1C(=O)CCCC1=O)C(C)(C)C)C1CCCCC1. The molecule has 3 fully saturated rings. The molecule has 0 aromatic carbocycles. The van der Waals surface area contributed by atoms with Crippen molar-refractivity contribution < 1.29 is 33.6 Å². The Morgan fingerprint density at radius 1 is 0.922 bits per heavy atom. The predicted octanol–water partition coefficient (Wildman–Crippen LogP) is 3.61. The highest BCUT2D eigenvalue weighted by molar-refractivity contribution is 6.38. The van der Waals surface area contributed by atoms with Crippen LogP contribution < -0.4 is 21.3 Å². The highest BCUT2D eigenvalue weighted by Crippen LogP contribution is 2.34. The van der Waals surface area contributed by atoms with E-state index in [-0.39, 0.29) is 67.8 Å². The molecule has 2 heterocycles. The number of likely N-dealkylation sites (tertiary alicyclic amines) is 2. The first-order valence-electron chi connectivity index (χ1n) is 19.0. The maximum absolute atomic E-state index is 14.6. The van der Waals surface area contributed by atoms with Crippen molar-refractivity contribution in [2.75, 3.05) is 19.6 Å². The third-order valence-corrected chi connectivity index (χ3v) is 10.5. The zero-order valence-corrected chi connectivity index (χ0v) is 31.7. The number of amides is 7. The Bertz CT molecular complexity index is 1270. The quantitative estimate of drug-likeness (QED) is 0.107. The molecule has 3 rings (SSSR count). The van der Waals surface area contributed by atoms with Gasteiger partial charge in [-0.1, -0.05) is 73.3 Å². The Labute approximate surface area is 303 Å². The summed E-state index contributed by atoms with van der Waals surface area (Å²) < 4.78 is 0. The van der Waals surface area contributed by atoms with Gasteiger partial charge in [-0.2, -0.15) is 0 Å². The second-order valence-corrected chi connectivity index (χ2v) is 16.0. The largest absolute Gasteiger partial charge is 0.346 e. The van der Waals surface area contributed by atoms with E-state index >= 15 is 0 Å². The first-order valence-corrected chi connectivity index (χ1v) is 19.0. The molecular weight excluding hydrogens is 652 g/mol. The molecule has 2 saturated heterocycles. The van der Waals surface area contributed by atoms with Crippen LogP contribution in [0.4, 0.5) is 4.79 Å². The van der Waals surface area contributed by atoms with Crippen LogP contribution in [0.5, 0.6) is 0 Å². The first-order chi connectivity index (χ1) is 24.1. The maximum atomic E-state index is 14.6. The summed E-state index contributed by atoms with van der Waals surface area (Å²) in [5, 5.41) is 11.3. The molecular formula is C38H62N6O7. The van der Waals surface area contributed by atoms with Crippen molar-refractivity contribution in [3.05, 3.63) is 12.7 Å². The van der Waals surface area contributed by atoms with Gasteiger partial charge in [0.05, 0.1) is 12.1 Å². The second-order valence-electron chi connectivity index (χ2n) is 16.0. The lowest BCUT2D eigenvalue weighted by molar-refractivity contribution is -0.148. The Balaban J connectivity index is 1.88. The van der Waals surface area contributed by atoms with Crippen LogP contribution in [0.25, 0.3) is 0 Å². The van der Waals surface area contributed by atoms with Crippen molar-refractivity contribution in [1.29, 1.82) is 0 Å². The summed E-state index contributed by atoms with van der Waals surface area (Å²) in [6, 6.07) is -3.99. The summed E-state index contributed by atoms with van der Waals surface area (Å²) in [6.07, 6.45) is 8.96. The standard InChI is InChI=1S/C38H62N6O7/c1-8-14-27(33(47)35(49)39-20-9-2)40-34(48)32-26(22-24(3)4)19-21-43(32)36(50)31(25-15-11-10-12-16-25)42-37(51)41-28(38(5,6)7)23-44-29(45)17-13-18-30(44)46/h9,24-28,31-32H,2,8,10-23H2,1,3-7H3,(H,39,49)(H,40,48)(H2,41,42,51)/t26?,27?,28-,31+,32+/m1/s1. The summed E-state index contributed by atoms with van der Waals surface area (Å²) in [6.45, 7) is 15.8. The molecule has 13 nitrogen and oxygen atoms in total. The fourth-order valence-electron chi connectivity index (χ4n) is 7.63. The molecule has 13 heteroatoms. The molecule has 0 aromatic rings. The molecule has 2 aliphatic heterocycles. The summed E-state index contributed by atoms with van der Waals surface area (Å²) in [4.78, 5) is 96.2. The van der Waals surface area contributed by atoms with Gasteiger partial charge in [-0.15, -0.1) is 6.58 Å². The number of ketones is 1. The van der Waals surface area contributed by atoms with Crippen molar-refractivity contribution in [1.82, 2.24) is 31.1 Å². The number of imide groups is 1. The highest BCUT2D eigenvalue weighted by Gasteiger charge is 2.46. The maximum Gasteiger partial charge on any atom is 0.315 e. The third kappa shape index (κ3) is 11.6. The molecule has 51 heavy (non-hydrogen) atoms. The van der Waals surface area contributed by atoms with E-state index in [2.05, 4.69) is 41.7 Å². The summed E-state index contributed by atoms with van der Waals surface area (Å²) in [5.41, 5.74) is -0.517. The number of carbonyl (C=O) groups excluding carboxylic acids is 7. The van der Waals surface area contributed by atoms with E-state index in [1.807, 2.05) is 27.7 Å². The van der Waals surface area contributed by atoms with Gasteiger partial charge in [0.1, 0.15) is 12.1 Å². The zero-order valence-electron chi connectivity index (χ0n) is 31.7. The third-order valence-electron chi connectivity index (χ3n) is 10.5. The van der Waals surface area contributed by atoms with Gasteiger partial charge >= 0.3 is 6.03 Å². The van der Waals surface area contributed by atoms with E-state index in [1.165, 1.54) is 11.0 Å². The number of Topliss-reactive ketones (excluding diaryl/α,β-unsaturated/α-hetero) is 1. The normalized spacial score (nSPS) is 21.9. The molecule has 0 aromatic heterocycles. The molecule has 2 unspecified atom stereocenters. The van der Waals surface area contributed by atoms with E-state index in [0.29, 0.717) is 32.2 Å². The van der Waals surface area contributed by atoms with Crippen LogP contribution in [-0.2, 0) is 28.8 Å². The summed E-state index contributed by atoms with van der Waals surface area (Å²) in [5.74, 6) is -2.98. The molecule has 0 bridgehead atoms. The Morgan fingerprint density at radius 2 is 1.57 bits per heavy atom. The lowest BCUT2D eigenvalue weighted by Crippen LogP contribution is -2.61. The van der Waals surface area contributed by atoms with Crippen LogP contribution >= 0.6 is 0 Å². The molecule has 286 valence electrons. The second kappa shape index (κ2) is 19.2. The van der Waals surface area contributed by atoms with Gasteiger partial charge in [0.25, 0.3) is 5.91 Å². The Hall–Kier alpha value is -3.77. The molecule has 4 N–H and O–H groups in total. The van der Waals surface area contributed by atoms with Gasteiger partial charge in [0.2, 0.25) is 29.4 Å². The van der Waals surface area contributed by atoms with Crippen molar-refractivity contribution in [2.24, 2.45) is 23.2 Å².